The van der Waals surface area contributed by atoms with Gasteiger partial charge in [-0.25, -0.2) is 4.79 Å². The SMILES string of the molecule is COc1c2n(c(=O)n(OC)c1=O)CCc1ccccc1-2. The van der Waals surface area contributed by atoms with E-state index in [0.29, 0.717) is 12.2 Å². The van der Waals surface area contributed by atoms with E-state index in [0.717, 1.165) is 22.3 Å². The molecule has 0 saturated heterocycles. The predicted molar refractivity (Wildman–Crippen MR) is 73.2 cm³/mol. The van der Waals surface area contributed by atoms with Crippen molar-refractivity contribution in [2.45, 2.75) is 13.0 Å². The molecule has 1 aliphatic heterocycles. The van der Waals surface area contributed by atoms with Crippen LogP contribution in [0.5, 0.6) is 5.75 Å². The number of rotatable bonds is 2. The fourth-order valence-corrected chi connectivity index (χ4v) is 2.63. The number of hydrogen-bond acceptors (Lipinski definition) is 4. The van der Waals surface area contributed by atoms with Gasteiger partial charge in [0.2, 0.25) is 5.75 Å². The quantitative estimate of drug-likeness (QED) is 0.790. The fraction of sp³-hybridized carbons (Fsp3) is 0.286. The second kappa shape index (κ2) is 4.56. The van der Waals surface area contributed by atoms with E-state index in [1.54, 1.807) is 0 Å². The van der Waals surface area contributed by atoms with E-state index < -0.39 is 11.2 Å². The normalized spacial score (nSPS) is 12.5. The lowest BCUT2D eigenvalue weighted by molar-refractivity contribution is 0.135. The summed E-state index contributed by atoms with van der Waals surface area (Å²) < 4.78 is 7.46. The van der Waals surface area contributed by atoms with Crippen molar-refractivity contribution in [3.8, 4) is 17.0 Å². The Labute approximate surface area is 114 Å². The van der Waals surface area contributed by atoms with E-state index in [2.05, 4.69) is 0 Å². The smallest absolute Gasteiger partial charge is 0.365 e. The van der Waals surface area contributed by atoms with Crippen molar-refractivity contribution in [1.29, 1.82) is 0 Å². The van der Waals surface area contributed by atoms with Crippen molar-refractivity contribution in [2.75, 3.05) is 14.2 Å². The Balaban J connectivity index is 2.46. The highest BCUT2D eigenvalue weighted by molar-refractivity contribution is 5.70. The van der Waals surface area contributed by atoms with E-state index in [9.17, 15) is 9.59 Å². The number of aromatic nitrogens is 2. The van der Waals surface area contributed by atoms with Gasteiger partial charge in [0, 0.05) is 12.1 Å². The van der Waals surface area contributed by atoms with Crippen LogP contribution in [0.15, 0.2) is 33.9 Å². The third-order valence-electron chi connectivity index (χ3n) is 3.53. The molecule has 6 nitrogen and oxygen atoms in total. The predicted octanol–water partition coefficient (Wildman–Crippen LogP) is 0.300. The molecule has 0 unspecified atom stereocenters. The Kier molecular flexibility index (Phi) is 2.85. The lowest BCUT2D eigenvalue weighted by Gasteiger charge is -2.23. The molecule has 20 heavy (non-hydrogen) atoms. The minimum absolute atomic E-state index is 0.124. The first kappa shape index (κ1) is 12.5. The number of benzene rings is 1. The van der Waals surface area contributed by atoms with Gasteiger partial charge in [0.1, 0.15) is 12.8 Å². The van der Waals surface area contributed by atoms with Crippen LogP contribution in [0.3, 0.4) is 0 Å². The number of nitrogens with zero attached hydrogens (tertiary/aromatic N) is 2. The van der Waals surface area contributed by atoms with Gasteiger partial charge in [-0.1, -0.05) is 29.0 Å². The molecule has 1 aromatic carbocycles. The average molecular weight is 274 g/mol. The topological polar surface area (TPSA) is 62.5 Å². The van der Waals surface area contributed by atoms with Crippen LogP contribution < -0.4 is 20.8 Å². The van der Waals surface area contributed by atoms with Crippen LogP contribution in [-0.2, 0) is 13.0 Å². The molecule has 104 valence electrons. The maximum Gasteiger partial charge on any atom is 0.365 e. The highest BCUT2D eigenvalue weighted by Gasteiger charge is 2.26. The van der Waals surface area contributed by atoms with Gasteiger partial charge in [-0.05, 0) is 12.0 Å². The maximum atomic E-state index is 12.3. The molecule has 0 bridgehead atoms. The van der Waals surface area contributed by atoms with Gasteiger partial charge < -0.3 is 9.57 Å². The Morgan fingerprint density at radius 1 is 1.15 bits per heavy atom. The van der Waals surface area contributed by atoms with Gasteiger partial charge in [0.25, 0.3) is 0 Å². The van der Waals surface area contributed by atoms with Crippen molar-refractivity contribution < 1.29 is 9.57 Å². The molecule has 0 saturated carbocycles. The highest BCUT2D eigenvalue weighted by atomic mass is 16.7. The van der Waals surface area contributed by atoms with E-state index in [4.69, 9.17) is 9.57 Å². The molecule has 1 aromatic heterocycles. The summed E-state index contributed by atoms with van der Waals surface area (Å²) in [5.74, 6) is 0.124. The maximum absolute atomic E-state index is 12.3. The Hall–Kier alpha value is -2.50. The molecule has 0 N–H and O–H groups in total. The van der Waals surface area contributed by atoms with E-state index >= 15 is 0 Å². The van der Waals surface area contributed by atoms with Crippen molar-refractivity contribution in [3.05, 3.63) is 50.7 Å². The van der Waals surface area contributed by atoms with Crippen molar-refractivity contribution in [2.24, 2.45) is 0 Å². The van der Waals surface area contributed by atoms with Crippen LogP contribution in [0.1, 0.15) is 5.56 Å². The summed E-state index contributed by atoms with van der Waals surface area (Å²) in [5.41, 5.74) is 1.41. The Bertz CT molecular complexity index is 757. The first-order valence-electron chi connectivity index (χ1n) is 6.25. The van der Waals surface area contributed by atoms with E-state index in [1.165, 1.54) is 18.8 Å². The van der Waals surface area contributed by atoms with Crippen molar-refractivity contribution in [3.63, 3.8) is 0 Å². The lowest BCUT2D eigenvalue weighted by atomic mass is 9.97. The van der Waals surface area contributed by atoms with E-state index in [-0.39, 0.29) is 5.75 Å². The zero-order valence-corrected chi connectivity index (χ0v) is 11.3. The monoisotopic (exact) mass is 274 g/mol. The molecule has 2 heterocycles. The van der Waals surface area contributed by atoms with Crippen LogP contribution >= 0.6 is 0 Å². The molecule has 1 aliphatic rings. The van der Waals surface area contributed by atoms with Crippen LogP contribution in [0, 0.1) is 0 Å². The zero-order chi connectivity index (χ0) is 14.3. The second-order valence-electron chi connectivity index (χ2n) is 4.51. The van der Waals surface area contributed by atoms with Gasteiger partial charge in [0.05, 0.1) is 7.11 Å². The molecule has 0 fully saturated rings. The minimum atomic E-state index is -0.581. The summed E-state index contributed by atoms with van der Waals surface area (Å²) in [4.78, 5) is 29.4. The summed E-state index contributed by atoms with van der Waals surface area (Å²) in [6.45, 7) is 0.491. The molecule has 0 aliphatic carbocycles. The van der Waals surface area contributed by atoms with Crippen LogP contribution in [0.2, 0.25) is 0 Å². The molecule has 3 rings (SSSR count). The molecule has 0 amide bonds. The number of ether oxygens (including phenoxy) is 1. The molecule has 0 atom stereocenters. The largest absolute Gasteiger partial charge is 0.490 e. The average Bonchev–Trinajstić information content (AvgIpc) is 2.48. The van der Waals surface area contributed by atoms with Gasteiger partial charge in [-0.2, -0.15) is 0 Å². The Morgan fingerprint density at radius 3 is 2.60 bits per heavy atom. The third kappa shape index (κ3) is 1.57. The molecule has 0 radical (unpaired) electrons. The summed E-state index contributed by atoms with van der Waals surface area (Å²) in [7, 11) is 2.70. The first-order chi connectivity index (χ1) is 9.69. The first-order valence-corrected chi connectivity index (χ1v) is 6.25. The van der Waals surface area contributed by atoms with Crippen molar-refractivity contribution >= 4 is 0 Å². The Morgan fingerprint density at radius 2 is 1.90 bits per heavy atom. The third-order valence-corrected chi connectivity index (χ3v) is 3.53. The van der Waals surface area contributed by atoms with E-state index in [1.807, 2.05) is 24.3 Å². The number of methoxy groups -OCH3 is 1. The zero-order valence-electron chi connectivity index (χ0n) is 11.3. The fourth-order valence-electron chi connectivity index (χ4n) is 2.63. The van der Waals surface area contributed by atoms with Crippen LogP contribution in [0.4, 0.5) is 0 Å². The van der Waals surface area contributed by atoms with Crippen LogP contribution in [0.25, 0.3) is 11.3 Å². The highest BCUT2D eigenvalue weighted by Crippen LogP contribution is 2.32. The summed E-state index contributed by atoms with van der Waals surface area (Å²) in [5, 5.41) is 0. The van der Waals surface area contributed by atoms with Gasteiger partial charge in [-0.3, -0.25) is 9.36 Å². The summed E-state index contributed by atoms with van der Waals surface area (Å²) in [6, 6.07) is 7.69. The number of hydrogen-bond donors (Lipinski definition) is 0. The number of fused-ring (bicyclic) bond motifs is 3. The molecule has 6 heteroatoms. The van der Waals surface area contributed by atoms with Gasteiger partial charge in [-0.15, -0.1) is 0 Å². The molecule has 0 spiro atoms. The van der Waals surface area contributed by atoms with Gasteiger partial charge in [0.15, 0.2) is 0 Å². The standard InChI is InChI=1S/C14H14N2O4/c1-19-12-11-10-6-4-3-5-9(10)7-8-15(11)14(18)16(20-2)13(12)17/h3-6H,7-8H2,1-2H3. The molecule has 2 aromatic rings. The molecular formula is C14H14N2O4. The summed E-state index contributed by atoms with van der Waals surface area (Å²) >= 11 is 0. The van der Waals surface area contributed by atoms with Crippen LogP contribution in [-0.4, -0.2) is 23.5 Å². The summed E-state index contributed by atoms with van der Waals surface area (Å²) in [6.07, 6.45) is 0.730. The second-order valence-corrected chi connectivity index (χ2v) is 4.51. The molecular weight excluding hydrogens is 260 g/mol. The number of aryl methyl sites for hydroxylation is 1. The minimum Gasteiger partial charge on any atom is -0.490 e. The van der Waals surface area contributed by atoms with Crippen molar-refractivity contribution in [1.82, 2.24) is 9.30 Å². The van der Waals surface area contributed by atoms with Gasteiger partial charge >= 0.3 is 11.2 Å². The lowest BCUT2D eigenvalue weighted by Crippen LogP contribution is -2.44.